The highest BCUT2D eigenvalue weighted by molar-refractivity contribution is 5.50. The molecule has 2 N–H and O–H groups in total. The van der Waals surface area contributed by atoms with Crippen LogP contribution in [0, 0.1) is 0 Å². The number of benzene rings is 1. The van der Waals surface area contributed by atoms with E-state index in [1.807, 2.05) is 13.0 Å². The van der Waals surface area contributed by atoms with Crippen LogP contribution < -0.4 is 10.5 Å². The summed E-state index contributed by atoms with van der Waals surface area (Å²) in [6.45, 7) is 1.92. The van der Waals surface area contributed by atoms with Gasteiger partial charge in [-0.05, 0) is 25.8 Å². The molecule has 1 aromatic rings. The third kappa shape index (κ3) is 1.90. The predicted molar refractivity (Wildman–Crippen MR) is 62.5 cm³/mol. The van der Waals surface area contributed by atoms with Gasteiger partial charge in [0.1, 0.15) is 5.75 Å². The van der Waals surface area contributed by atoms with Crippen LogP contribution in [0.1, 0.15) is 37.3 Å². The second-order valence-corrected chi connectivity index (χ2v) is 4.67. The maximum atomic E-state index is 12.9. The minimum atomic E-state index is -2.52. The molecule has 0 spiro atoms. The first kappa shape index (κ1) is 12.3. The third-order valence-electron chi connectivity index (χ3n) is 3.68. The van der Waals surface area contributed by atoms with E-state index >= 15 is 0 Å². The molecule has 1 aliphatic carbocycles. The number of ether oxygens (including phenoxy) is 1. The summed E-state index contributed by atoms with van der Waals surface area (Å²) in [5.74, 6) is 0.303. The maximum Gasteiger partial charge on any atom is 0.267 e. The Morgan fingerprint density at radius 1 is 1.35 bits per heavy atom. The van der Waals surface area contributed by atoms with E-state index in [-0.39, 0.29) is 17.0 Å². The highest BCUT2D eigenvalue weighted by Gasteiger charge is 2.49. The molecule has 1 aromatic carbocycles. The van der Waals surface area contributed by atoms with Crippen LogP contribution in [0.4, 0.5) is 8.78 Å². The monoisotopic (exact) mass is 241 g/mol. The molecule has 1 saturated carbocycles. The number of halogens is 2. The van der Waals surface area contributed by atoms with Crippen LogP contribution in [-0.4, -0.2) is 13.2 Å². The lowest BCUT2D eigenvalue weighted by molar-refractivity contribution is 0.146. The summed E-state index contributed by atoms with van der Waals surface area (Å²) in [7, 11) is 1.43. The van der Waals surface area contributed by atoms with Crippen molar-refractivity contribution in [3.63, 3.8) is 0 Å². The predicted octanol–water partition coefficient (Wildman–Crippen LogP) is 3.01. The molecular formula is C13H17F2NO. The quantitative estimate of drug-likeness (QED) is 0.879. The Balaban J connectivity index is 2.51. The second kappa shape index (κ2) is 4.26. The van der Waals surface area contributed by atoms with E-state index < -0.39 is 6.43 Å². The number of methoxy groups -OCH3 is 1. The van der Waals surface area contributed by atoms with E-state index in [0.717, 1.165) is 18.4 Å². The lowest BCUT2D eigenvalue weighted by atomic mass is 9.87. The summed E-state index contributed by atoms with van der Waals surface area (Å²) in [5.41, 5.74) is 6.58. The van der Waals surface area contributed by atoms with E-state index in [2.05, 4.69) is 0 Å². The molecule has 0 radical (unpaired) electrons. The molecule has 1 aliphatic rings. The van der Waals surface area contributed by atoms with Crippen molar-refractivity contribution >= 4 is 0 Å². The number of rotatable bonds is 4. The van der Waals surface area contributed by atoms with Gasteiger partial charge < -0.3 is 10.5 Å². The molecule has 2 nitrogen and oxygen atoms in total. The molecule has 17 heavy (non-hydrogen) atoms. The number of para-hydroxylation sites is 1. The normalized spacial score (nSPS) is 19.2. The molecule has 1 fully saturated rings. The third-order valence-corrected chi connectivity index (χ3v) is 3.68. The minimum Gasteiger partial charge on any atom is -0.496 e. The second-order valence-electron chi connectivity index (χ2n) is 4.67. The fourth-order valence-corrected chi connectivity index (χ4v) is 2.45. The van der Waals surface area contributed by atoms with Crippen molar-refractivity contribution in [1.29, 1.82) is 0 Å². The Morgan fingerprint density at radius 3 is 2.41 bits per heavy atom. The van der Waals surface area contributed by atoms with Crippen molar-refractivity contribution in [3.8, 4) is 5.75 Å². The largest absolute Gasteiger partial charge is 0.496 e. The molecule has 0 aromatic heterocycles. The fourth-order valence-electron chi connectivity index (χ4n) is 2.45. The van der Waals surface area contributed by atoms with Gasteiger partial charge in [-0.15, -0.1) is 0 Å². The lowest BCUT2D eigenvalue weighted by Crippen LogP contribution is -2.32. The summed E-state index contributed by atoms with van der Waals surface area (Å²) < 4.78 is 31.0. The average molecular weight is 241 g/mol. The van der Waals surface area contributed by atoms with Gasteiger partial charge >= 0.3 is 0 Å². The van der Waals surface area contributed by atoms with E-state index in [1.165, 1.54) is 13.2 Å². The first-order valence-corrected chi connectivity index (χ1v) is 5.74. The van der Waals surface area contributed by atoms with Crippen molar-refractivity contribution < 1.29 is 13.5 Å². The van der Waals surface area contributed by atoms with Crippen molar-refractivity contribution in [2.75, 3.05) is 7.11 Å². The van der Waals surface area contributed by atoms with Gasteiger partial charge in [0.15, 0.2) is 0 Å². The molecule has 0 bridgehead atoms. The van der Waals surface area contributed by atoms with Gasteiger partial charge in [-0.2, -0.15) is 0 Å². The number of alkyl halides is 2. The zero-order chi connectivity index (χ0) is 12.6. The summed E-state index contributed by atoms with van der Waals surface area (Å²) in [4.78, 5) is 0. The van der Waals surface area contributed by atoms with Crippen LogP contribution >= 0.6 is 0 Å². The van der Waals surface area contributed by atoms with Crippen molar-refractivity contribution in [2.45, 2.75) is 37.6 Å². The first-order valence-electron chi connectivity index (χ1n) is 5.74. The molecule has 1 unspecified atom stereocenters. The highest BCUT2D eigenvalue weighted by Crippen LogP contribution is 2.54. The summed E-state index contributed by atoms with van der Waals surface area (Å²) in [6, 6.07) is 4.86. The maximum absolute atomic E-state index is 12.9. The Kier molecular flexibility index (Phi) is 3.08. The van der Waals surface area contributed by atoms with Gasteiger partial charge in [0.25, 0.3) is 6.43 Å². The Morgan fingerprint density at radius 2 is 2.00 bits per heavy atom. The lowest BCUT2D eigenvalue weighted by Gasteiger charge is -2.24. The molecular weight excluding hydrogens is 224 g/mol. The number of nitrogens with two attached hydrogens (primary N) is 1. The Hall–Kier alpha value is -1.16. The molecule has 0 amide bonds. The van der Waals surface area contributed by atoms with Crippen LogP contribution in [0.3, 0.4) is 0 Å². The molecule has 94 valence electrons. The summed E-state index contributed by atoms with van der Waals surface area (Å²) in [5, 5.41) is 0. The highest BCUT2D eigenvalue weighted by atomic mass is 19.3. The van der Waals surface area contributed by atoms with Gasteiger partial charge in [-0.3, -0.25) is 0 Å². The van der Waals surface area contributed by atoms with Gasteiger partial charge in [-0.25, -0.2) is 8.78 Å². The topological polar surface area (TPSA) is 35.2 Å². The van der Waals surface area contributed by atoms with Crippen molar-refractivity contribution in [2.24, 2.45) is 5.73 Å². The Bertz CT molecular complexity index is 414. The van der Waals surface area contributed by atoms with Crippen LogP contribution in [0.25, 0.3) is 0 Å². The van der Waals surface area contributed by atoms with Gasteiger partial charge in [0.2, 0.25) is 0 Å². The van der Waals surface area contributed by atoms with Crippen molar-refractivity contribution in [1.82, 2.24) is 0 Å². The molecule has 0 aliphatic heterocycles. The fraction of sp³-hybridized carbons (Fsp3) is 0.538. The standard InChI is InChI=1S/C13H17F2NO/c1-8(16)13(6-7-13)10-5-3-4-9(12(14)15)11(10)17-2/h3-5,8,12H,6-7,16H2,1-2H3. The van der Waals surface area contributed by atoms with Gasteiger partial charge in [0.05, 0.1) is 12.7 Å². The van der Waals surface area contributed by atoms with Crippen LogP contribution in [-0.2, 0) is 5.41 Å². The molecule has 2 rings (SSSR count). The van der Waals surface area contributed by atoms with E-state index in [9.17, 15) is 8.78 Å². The first-order chi connectivity index (χ1) is 8.03. The minimum absolute atomic E-state index is 0.0445. The van der Waals surface area contributed by atoms with Crippen LogP contribution in [0.5, 0.6) is 5.75 Å². The smallest absolute Gasteiger partial charge is 0.267 e. The van der Waals surface area contributed by atoms with Gasteiger partial charge in [0, 0.05) is 17.0 Å². The SMILES string of the molecule is COc1c(C(F)F)cccc1C1(C(C)N)CC1. The Labute approximate surface area is 99.8 Å². The van der Waals surface area contributed by atoms with Crippen LogP contribution in [0.2, 0.25) is 0 Å². The molecule has 0 saturated heterocycles. The zero-order valence-corrected chi connectivity index (χ0v) is 10.0. The molecule has 4 heteroatoms. The average Bonchev–Trinajstić information content (AvgIpc) is 3.08. The summed E-state index contributed by atoms with van der Waals surface area (Å²) in [6.07, 6.45) is -0.643. The van der Waals surface area contributed by atoms with E-state index in [1.54, 1.807) is 6.07 Å². The molecule has 1 atom stereocenters. The summed E-state index contributed by atoms with van der Waals surface area (Å²) >= 11 is 0. The van der Waals surface area contributed by atoms with Crippen LogP contribution in [0.15, 0.2) is 18.2 Å². The van der Waals surface area contributed by atoms with E-state index in [4.69, 9.17) is 10.5 Å². The number of hydrogen-bond acceptors (Lipinski definition) is 2. The van der Waals surface area contributed by atoms with Gasteiger partial charge in [-0.1, -0.05) is 12.1 Å². The van der Waals surface area contributed by atoms with Crippen molar-refractivity contribution in [3.05, 3.63) is 29.3 Å². The zero-order valence-electron chi connectivity index (χ0n) is 10.0. The number of hydrogen-bond donors (Lipinski definition) is 1. The molecule has 0 heterocycles. The van der Waals surface area contributed by atoms with E-state index in [0.29, 0.717) is 5.75 Å².